The van der Waals surface area contributed by atoms with Gasteiger partial charge in [-0.15, -0.1) is 0 Å². The van der Waals surface area contributed by atoms with Crippen molar-refractivity contribution in [2.45, 2.75) is 32.5 Å². The van der Waals surface area contributed by atoms with Crippen molar-refractivity contribution in [2.75, 3.05) is 13.1 Å². The van der Waals surface area contributed by atoms with E-state index in [1.54, 1.807) is 23.7 Å². The summed E-state index contributed by atoms with van der Waals surface area (Å²) >= 11 is 0. The highest BCUT2D eigenvalue weighted by Crippen LogP contribution is 2.16. The number of ketones is 1. The van der Waals surface area contributed by atoms with E-state index in [0.29, 0.717) is 12.1 Å². The van der Waals surface area contributed by atoms with Crippen LogP contribution in [0.4, 0.5) is 0 Å². The summed E-state index contributed by atoms with van der Waals surface area (Å²) in [5, 5.41) is 12.0. The summed E-state index contributed by atoms with van der Waals surface area (Å²) in [5.74, 6) is -0.603. The highest BCUT2D eigenvalue weighted by Gasteiger charge is 2.22. The lowest BCUT2D eigenvalue weighted by molar-refractivity contribution is -0.124. The molecule has 0 radical (unpaired) electrons. The maximum atomic E-state index is 12.9. The summed E-state index contributed by atoms with van der Waals surface area (Å²) in [5.41, 5.74) is 5.03. The monoisotopic (exact) mass is 419 g/mol. The van der Waals surface area contributed by atoms with Crippen LogP contribution in [0.3, 0.4) is 0 Å². The van der Waals surface area contributed by atoms with Crippen molar-refractivity contribution in [1.82, 2.24) is 15.7 Å². The SMILES string of the molecule is C[C@@H]1CN(Cc2ccccc2C(=O)/C=C/c2ccc(/C=C/C(=O)NO)cc2)C[C@H](C)N1. The van der Waals surface area contributed by atoms with Crippen LogP contribution in [0.1, 0.15) is 40.9 Å². The first-order chi connectivity index (χ1) is 14.9. The Morgan fingerprint density at radius 1 is 1.00 bits per heavy atom. The number of rotatable bonds is 7. The average Bonchev–Trinajstić information content (AvgIpc) is 2.76. The minimum Gasteiger partial charge on any atom is -0.309 e. The molecular weight excluding hydrogens is 390 g/mol. The van der Waals surface area contributed by atoms with E-state index in [4.69, 9.17) is 5.21 Å². The summed E-state index contributed by atoms with van der Waals surface area (Å²) in [6, 6.07) is 16.1. The van der Waals surface area contributed by atoms with Crippen molar-refractivity contribution in [2.24, 2.45) is 0 Å². The Morgan fingerprint density at radius 2 is 1.58 bits per heavy atom. The minimum absolute atomic E-state index is 0.0181. The van der Waals surface area contributed by atoms with Crippen LogP contribution in [-0.2, 0) is 11.3 Å². The van der Waals surface area contributed by atoms with E-state index in [-0.39, 0.29) is 5.78 Å². The second kappa shape index (κ2) is 10.8. The molecule has 1 amide bonds. The molecule has 1 fully saturated rings. The highest BCUT2D eigenvalue weighted by atomic mass is 16.5. The van der Waals surface area contributed by atoms with Crippen LogP contribution in [0.15, 0.2) is 60.7 Å². The number of amides is 1. The number of carbonyl (C=O) groups excluding carboxylic acids is 2. The van der Waals surface area contributed by atoms with E-state index >= 15 is 0 Å². The van der Waals surface area contributed by atoms with Gasteiger partial charge in [0.1, 0.15) is 0 Å². The summed E-state index contributed by atoms with van der Waals surface area (Å²) in [6.45, 7) is 7.05. The van der Waals surface area contributed by atoms with E-state index in [9.17, 15) is 9.59 Å². The fourth-order valence-electron chi connectivity index (χ4n) is 3.90. The van der Waals surface area contributed by atoms with Crippen molar-refractivity contribution in [1.29, 1.82) is 0 Å². The van der Waals surface area contributed by atoms with Crippen LogP contribution in [0.5, 0.6) is 0 Å². The van der Waals surface area contributed by atoms with E-state index in [2.05, 4.69) is 24.1 Å². The maximum Gasteiger partial charge on any atom is 0.267 e. The molecule has 6 nitrogen and oxygen atoms in total. The van der Waals surface area contributed by atoms with Gasteiger partial charge < -0.3 is 5.32 Å². The molecule has 1 saturated heterocycles. The van der Waals surface area contributed by atoms with Gasteiger partial charge in [0.25, 0.3) is 5.91 Å². The van der Waals surface area contributed by atoms with Crippen LogP contribution in [0, 0.1) is 0 Å². The van der Waals surface area contributed by atoms with E-state index < -0.39 is 5.91 Å². The van der Waals surface area contributed by atoms with E-state index in [1.807, 2.05) is 48.5 Å². The number of hydrogen-bond acceptors (Lipinski definition) is 5. The predicted molar refractivity (Wildman–Crippen MR) is 123 cm³/mol. The van der Waals surface area contributed by atoms with Crippen LogP contribution in [-0.4, -0.2) is 47.0 Å². The van der Waals surface area contributed by atoms with Crippen LogP contribution in [0.25, 0.3) is 12.2 Å². The second-order valence-electron chi connectivity index (χ2n) is 7.99. The predicted octanol–water partition coefficient (Wildman–Crippen LogP) is 3.28. The van der Waals surface area contributed by atoms with Gasteiger partial charge in [-0.2, -0.15) is 0 Å². The fraction of sp³-hybridized carbons (Fsp3) is 0.280. The van der Waals surface area contributed by atoms with Gasteiger partial charge in [0.15, 0.2) is 5.78 Å². The maximum absolute atomic E-state index is 12.9. The zero-order valence-corrected chi connectivity index (χ0v) is 17.9. The van der Waals surface area contributed by atoms with Crippen molar-refractivity contribution in [3.8, 4) is 0 Å². The molecule has 2 aromatic carbocycles. The number of piperazine rings is 1. The van der Waals surface area contributed by atoms with Crippen LogP contribution < -0.4 is 10.8 Å². The number of nitrogens with zero attached hydrogens (tertiary/aromatic N) is 1. The average molecular weight is 420 g/mol. The molecule has 3 N–H and O–H groups in total. The Morgan fingerprint density at radius 3 is 2.19 bits per heavy atom. The zero-order chi connectivity index (χ0) is 22.2. The van der Waals surface area contributed by atoms with Crippen LogP contribution >= 0.6 is 0 Å². The Bertz CT molecular complexity index is 956. The smallest absolute Gasteiger partial charge is 0.267 e. The van der Waals surface area contributed by atoms with Crippen molar-refractivity contribution >= 4 is 23.8 Å². The number of nitrogens with one attached hydrogen (secondary N) is 2. The second-order valence-corrected chi connectivity index (χ2v) is 7.99. The van der Waals surface area contributed by atoms with Crippen molar-refractivity contribution in [3.63, 3.8) is 0 Å². The summed E-state index contributed by atoms with van der Waals surface area (Å²) in [6.07, 6.45) is 6.23. The molecule has 0 aromatic heterocycles. The topological polar surface area (TPSA) is 81.7 Å². The summed E-state index contributed by atoms with van der Waals surface area (Å²) in [7, 11) is 0. The third-order valence-corrected chi connectivity index (χ3v) is 5.21. The summed E-state index contributed by atoms with van der Waals surface area (Å²) < 4.78 is 0. The first kappa shape index (κ1) is 22.6. The Hall–Kier alpha value is -3.06. The Balaban J connectivity index is 1.67. The first-order valence-corrected chi connectivity index (χ1v) is 10.5. The number of hydroxylamine groups is 1. The lowest BCUT2D eigenvalue weighted by Crippen LogP contribution is -2.53. The molecule has 3 rings (SSSR count). The Kier molecular flexibility index (Phi) is 7.89. The number of hydrogen-bond donors (Lipinski definition) is 3. The van der Waals surface area contributed by atoms with Gasteiger partial charge in [-0.3, -0.25) is 19.7 Å². The normalized spacial score (nSPS) is 19.7. The van der Waals surface area contributed by atoms with E-state index in [0.717, 1.165) is 41.9 Å². The molecule has 0 unspecified atom stereocenters. The van der Waals surface area contributed by atoms with Gasteiger partial charge in [-0.25, -0.2) is 5.48 Å². The molecule has 2 atom stereocenters. The molecule has 2 aromatic rings. The van der Waals surface area contributed by atoms with Crippen molar-refractivity contribution < 1.29 is 14.8 Å². The largest absolute Gasteiger partial charge is 0.309 e. The molecule has 1 aliphatic heterocycles. The van der Waals surface area contributed by atoms with Crippen LogP contribution in [0.2, 0.25) is 0 Å². The molecule has 1 aliphatic rings. The highest BCUT2D eigenvalue weighted by molar-refractivity contribution is 6.07. The molecule has 1 heterocycles. The molecule has 0 aliphatic carbocycles. The summed E-state index contributed by atoms with van der Waals surface area (Å²) in [4.78, 5) is 26.3. The molecule has 162 valence electrons. The fourth-order valence-corrected chi connectivity index (χ4v) is 3.90. The van der Waals surface area contributed by atoms with Gasteiger partial charge in [-0.05, 0) is 42.7 Å². The molecular formula is C25H29N3O3. The van der Waals surface area contributed by atoms with Gasteiger partial charge in [0.2, 0.25) is 0 Å². The number of carbonyl (C=O) groups is 2. The zero-order valence-electron chi connectivity index (χ0n) is 17.9. The third-order valence-electron chi connectivity index (χ3n) is 5.21. The minimum atomic E-state index is -0.585. The molecule has 0 saturated carbocycles. The van der Waals surface area contributed by atoms with Gasteiger partial charge >= 0.3 is 0 Å². The molecule has 6 heteroatoms. The number of benzene rings is 2. The van der Waals surface area contributed by atoms with Gasteiger partial charge in [0, 0.05) is 43.4 Å². The quantitative estimate of drug-likeness (QED) is 0.278. The molecule has 0 bridgehead atoms. The lowest BCUT2D eigenvalue weighted by Gasteiger charge is -2.36. The Labute approximate surface area is 183 Å². The number of allylic oxidation sites excluding steroid dienone is 1. The molecule has 31 heavy (non-hydrogen) atoms. The van der Waals surface area contributed by atoms with Gasteiger partial charge in [0.05, 0.1) is 0 Å². The first-order valence-electron chi connectivity index (χ1n) is 10.5. The van der Waals surface area contributed by atoms with Gasteiger partial charge in [-0.1, -0.05) is 54.6 Å². The lowest BCUT2D eigenvalue weighted by atomic mass is 10.0. The standard InChI is InChI=1S/C25H29N3O3/c1-18-15-28(16-19(2)26-18)17-22-5-3-4-6-23(22)24(29)13-11-20-7-9-21(10-8-20)12-14-25(30)27-31/h3-14,18-19,26,31H,15-17H2,1-2H3,(H,27,30)/b13-11+,14-12+/t18-,19+. The van der Waals surface area contributed by atoms with E-state index in [1.165, 1.54) is 6.08 Å². The molecule has 0 spiro atoms. The third kappa shape index (κ3) is 6.72. The van der Waals surface area contributed by atoms with Crippen molar-refractivity contribution in [3.05, 3.63) is 82.9 Å².